The van der Waals surface area contributed by atoms with Gasteiger partial charge in [-0.1, -0.05) is 6.07 Å². The highest BCUT2D eigenvalue weighted by Crippen LogP contribution is 2.35. The number of aliphatic hydroxyl groups excluding tert-OH is 1. The molecule has 2 aromatic rings. The molecular weight excluding hydrogens is 793 g/mol. The molecule has 0 bridgehead atoms. The molecule has 6 atom stereocenters. The number of aliphatic hydroxyl groups is 1. The maximum absolute atomic E-state index is 14.3. The molecule has 2 unspecified atom stereocenters. The van der Waals surface area contributed by atoms with E-state index in [1.54, 1.807) is 37.3 Å². The van der Waals surface area contributed by atoms with E-state index >= 15 is 0 Å². The van der Waals surface area contributed by atoms with Gasteiger partial charge in [0, 0.05) is 32.5 Å². The van der Waals surface area contributed by atoms with Crippen LogP contribution in [-0.4, -0.2) is 120 Å². The van der Waals surface area contributed by atoms with Gasteiger partial charge in [-0.25, -0.2) is 14.4 Å². The molecule has 61 heavy (non-hydrogen) atoms. The minimum absolute atomic E-state index is 0.118. The van der Waals surface area contributed by atoms with Crippen molar-refractivity contribution in [3.63, 3.8) is 0 Å². The number of hydrogen-bond donors (Lipinski definition) is 6. The molecule has 1 aromatic carbocycles. The predicted octanol–water partition coefficient (Wildman–Crippen LogP) is 1.17. The maximum atomic E-state index is 14.3. The van der Waals surface area contributed by atoms with Crippen LogP contribution in [0.25, 0.3) is 11.0 Å². The van der Waals surface area contributed by atoms with Crippen LogP contribution in [0.5, 0.6) is 0 Å². The molecule has 19 nitrogen and oxygen atoms in total. The molecule has 4 heterocycles. The summed E-state index contributed by atoms with van der Waals surface area (Å²) in [7, 11) is 1.69. The third-order valence-electron chi connectivity index (χ3n) is 12.6. The molecule has 1 aromatic heterocycles. The number of nitrogens with two attached hydrogens (primary N) is 1. The van der Waals surface area contributed by atoms with Crippen LogP contribution in [0.15, 0.2) is 23.0 Å². The normalized spacial score (nSPS) is 26.4. The van der Waals surface area contributed by atoms with E-state index in [2.05, 4.69) is 16.0 Å². The van der Waals surface area contributed by atoms with Gasteiger partial charge in [-0.3, -0.25) is 33.1 Å². The van der Waals surface area contributed by atoms with Gasteiger partial charge in [-0.05, 0) is 121 Å². The molecule has 6 amide bonds. The van der Waals surface area contributed by atoms with Crippen LogP contribution < -0.4 is 27.4 Å². The van der Waals surface area contributed by atoms with Gasteiger partial charge in [0.15, 0.2) is 0 Å². The molecule has 334 valence electrons. The number of alkyl carbamates (subject to hydrolysis) is 1. The highest BCUT2D eigenvalue weighted by molar-refractivity contribution is 5.94. The molecule has 6 rings (SSSR count). The highest BCUT2D eigenvalue weighted by atomic mass is 16.6. The SMILES string of the molecule is Cn1c(=O)n(C2CCC(O)NC2=O)c2ccc(CC3CCC(CC(=O)N4CC[C@H]5CC[C@@H](C(=O)N[C@@H](CCC(N)=O)C(=O)O)N5C(=O)[C@@H](NC(=O)OC(C)(C)C)C4)CC3)cc21. The lowest BCUT2D eigenvalue weighted by molar-refractivity contribution is -0.147. The number of aryl methyl sites for hydroxylation is 1. The second-order valence-corrected chi connectivity index (χ2v) is 18.2. The summed E-state index contributed by atoms with van der Waals surface area (Å²) >= 11 is 0. The zero-order valence-corrected chi connectivity index (χ0v) is 35.4. The van der Waals surface area contributed by atoms with E-state index in [4.69, 9.17) is 10.5 Å². The molecular formula is C42H60N8O11. The first kappa shape index (κ1) is 45.1. The van der Waals surface area contributed by atoms with Crippen LogP contribution >= 0.6 is 0 Å². The summed E-state index contributed by atoms with van der Waals surface area (Å²) in [4.78, 5) is 107. The van der Waals surface area contributed by atoms with Crippen LogP contribution in [0.3, 0.4) is 0 Å². The first-order valence-corrected chi connectivity index (χ1v) is 21.4. The Hall–Kier alpha value is -5.46. The number of fused-ring (bicyclic) bond motifs is 2. The first-order valence-electron chi connectivity index (χ1n) is 21.4. The number of primary amides is 1. The van der Waals surface area contributed by atoms with Gasteiger partial charge in [-0.15, -0.1) is 0 Å². The minimum atomic E-state index is -1.39. The summed E-state index contributed by atoms with van der Waals surface area (Å²) in [5.41, 5.74) is 6.49. The van der Waals surface area contributed by atoms with Crippen LogP contribution in [0.4, 0.5) is 4.79 Å². The lowest BCUT2D eigenvalue weighted by Gasteiger charge is -2.39. The number of benzene rings is 1. The van der Waals surface area contributed by atoms with Crippen molar-refractivity contribution in [3.8, 4) is 0 Å². The van der Waals surface area contributed by atoms with Crippen molar-refractivity contribution < 1.29 is 48.5 Å². The fourth-order valence-corrected chi connectivity index (χ4v) is 9.44. The molecule has 19 heteroatoms. The molecule has 1 saturated carbocycles. The summed E-state index contributed by atoms with van der Waals surface area (Å²) in [6.45, 7) is 5.18. The van der Waals surface area contributed by atoms with Gasteiger partial charge < -0.3 is 46.4 Å². The second-order valence-electron chi connectivity index (χ2n) is 18.2. The quantitative estimate of drug-likeness (QED) is 0.177. The Morgan fingerprint density at radius 2 is 1.66 bits per heavy atom. The summed E-state index contributed by atoms with van der Waals surface area (Å²) in [5, 5.41) is 27.1. The summed E-state index contributed by atoms with van der Waals surface area (Å²) in [5.74, 6) is -3.36. The van der Waals surface area contributed by atoms with E-state index in [9.17, 15) is 48.6 Å². The number of hydrogen-bond acceptors (Lipinski definition) is 10. The van der Waals surface area contributed by atoms with Crippen molar-refractivity contribution in [1.82, 2.24) is 34.9 Å². The number of carbonyl (C=O) groups excluding carboxylic acids is 6. The van der Waals surface area contributed by atoms with Gasteiger partial charge in [0.25, 0.3) is 0 Å². The molecule has 7 N–H and O–H groups in total. The summed E-state index contributed by atoms with van der Waals surface area (Å²) < 4.78 is 8.53. The largest absolute Gasteiger partial charge is 0.480 e. The molecule has 4 aliphatic rings. The van der Waals surface area contributed by atoms with Crippen LogP contribution in [0, 0.1) is 11.8 Å². The Balaban J connectivity index is 1.08. The standard InChI is InChI=1S/C42H60N8O11/c1-42(2,3)61-40(59)45-28-22-48(18-17-26-10-13-30(49(26)38(28)56)36(54)44-27(39(57)58)11-15-33(43)51)35(53)21-24-7-5-23(6-8-24)19-25-9-12-29-32(20-25)47(4)41(60)50(29)31-14-16-34(52)46-37(31)55/h9,12,20,23-24,26-28,30-31,34,52H,5-8,10-11,13-19,21-22H2,1-4H3,(H2,43,51)(H,44,54)(H,45,59)(H,46,55)(H,57,58)/t23?,24?,26-,27+,28+,30+,31?,34?/m1/s1. The molecule has 3 aliphatic heterocycles. The summed E-state index contributed by atoms with van der Waals surface area (Å²) in [6, 6.07) is 1.08. The van der Waals surface area contributed by atoms with E-state index in [-0.39, 0.29) is 62.2 Å². The number of carboxylic acid groups (broad SMARTS) is 1. The Morgan fingerprint density at radius 1 is 0.951 bits per heavy atom. The number of piperidine rings is 1. The number of carboxylic acids is 1. The number of nitrogens with zero attached hydrogens (tertiary/aromatic N) is 4. The molecule has 3 saturated heterocycles. The lowest BCUT2D eigenvalue weighted by Crippen LogP contribution is -2.62. The van der Waals surface area contributed by atoms with Gasteiger partial charge in [0.1, 0.15) is 36.0 Å². The van der Waals surface area contributed by atoms with Gasteiger partial charge in [0.2, 0.25) is 29.5 Å². The van der Waals surface area contributed by atoms with Crippen LogP contribution in [0.1, 0.15) is 109 Å². The van der Waals surface area contributed by atoms with E-state index in [1.807, 2.05) is 18.2 Å². The number of aromatic nitrogens is 2. The van der Waals surface area contributed by atoms with Gasteiger partial charge in [-0.2, -0.15) is 0 Å². The number of ether oxygens (including phenoxy) is 1. The van der Waals surface area contributed by atoms with Crippen molar-refractivity contribution in [2.45, 2.75) is 146 Å². The lowest BCUT2D eigenvalue weighted by atomic mass is 9.78. The van der Waals surface area contributed by atoms with E-state index in [0.717, 1.165) is 43.2 Å². The first-order chi connectivity index (χ1) is 28.8. The number of aliphatic carboxylic acids is 1. The van der Waals surface area contributed by atoms with Crippen molar-refractivity contribution in [2.75, 3.05) is 13.1 Å². The number of amides is 6. The van der Waals surface area contributed by atoms with Crippen molar-refractivity contribution in [2.24, 2.45) is 24.6 Å². The molecule has 0 spiro atoms. The van der Waals surface area contributed by atoms with Crippen molar-refractivity contribution >= 4 is 52.6 Å². The number of imidazole rings is 1. The number of carbonyl (C=O) groups is 7. The monoisotopic (exact) mass is 852 g/mol. The van der Waals surface area contributed by atoms with Crippen molar-refractivity contribution in [3.05, 3.63) is 34.2 Å². The zero-order chi connectivity index (χ0) is 44.3. The third kappa shape index (κ3) is 10.7. The third-order valence-corrected chi connectivity index (χ3v) is 12.6. The maximum Gasteiger partial charge on any atom is 0.408 e. The van der Waals surface area contributed by atoms with Crippen LogP contribution in [-0.2, 0) is 47.0 Å². The average molecular weight is 853 g/mol. The highest BCUT2D eigenvalue weighted by Gasteiger charge is 2.46. The number of nitrogens with one attached hydrogen (secondary N) is 3. The van der Waals surface area contributed by atoms with Gasteiger partial charge >= 0.3 is 17.8 Å². The van der Waals surface area contributed by atoms with E-state index < -0.39 is 71.8 Å². The second kappa shape index (κ2) is 18.7. The Labute approximate surface area is 353 Å². The predicted molar refractivity (Wildman–Crippen MR) is 219 cm³/mol. The Morgan fingerprint density at radius 3 is 2.31 bits per heavy atom. The smallest absolute Gasteiger partial charge is 0.408 e. The van der Waals surface area contributed by atoms with Crippen molar-refractivity contribution in [1.29, 1.82) is 0 Å². The number of rotatable bonds is 12. The summed E-state index contributed by atoms with van der Waals surface area (Å²) in [6.07, 6.45) is 4.03. The topological polar surface area (TPSA) is 265 Å². The zero-order valence-electron chi connectivity index (χ0n) is 35.4. The van der Waals surface area contributed by atoms with Crippen LogP contribution in [0.2, 0.25) is 0 Å². The Kier molecular flexibility index (Phi) is 13.8. The fourth-order valence-electron chi connectivity index (χ4n) is 9.44. The molecule has 4 fully saturated rings. The van der Waals surface area contributed by atoms with E-state index in [0.29, 0.717) is 37.1 Å². The minimum Gasteiger partial charge on any atom is -0.480 e. The molecule has 0 radical (unpaired) electrons. The van der Waals surface area contributed by atoms with Gasteiger partial charge in [0.05, 0.1) is 17.6 Å². The average Bonchev–Trinajstić information content (AvgIpc) is 3.71. The Bertz CT molecular complexity index is 2080. The molecule has 1 aliphatic carbocycles. The van der Waals surface area contributed by atoms with E-state index in [1.165, 1.54) is 9.47 Å². The fraction of sp³-hybridized carbons (Fsp3) is 0.667.